The Morgan fingerprint density at radius 1 is 1.07 bits per heavy atom. The van der Waals surface area contributed by atoms with Gasteiger partial charge < -0.3 is 9.47 Å². The molecule has 0 aromatic heterocycles. The molecule has 0 radical (unpaired) electrons. The van der Waals surface area contributed by atoms with Gasteiger partial charge in [-0.3, -0.25) is 4.79 Å². The predicted octanol–water partition coefficient (Wildman–Crippen LogP) is 4.22. The first kappa shape index (κ1) is 24.0. The first-order valence-electron chi connectivity index (χ1n) is 9.67. The molecular formula is C22H26O6S2. The molecule has 2 aromatic carbocycles. The average molecular weight is 451 g/mol. The number of unbranched alkanes of at least 4 members (excludes halogenated alkanes) is 1. The summed E-state index contributed by atoms with van der Waals surface area (Å²) in [6.07, 6.45) is 3.67. The highest BCUT2D eigenvalue weighted by Gasteiger charge is 2.14. The van der Waals surface area contributed by atoms with Crippen molar-refractivity contribution in [1.82, 2.24) is 0 Å². The zero-order valence-electron chi connectivity index (χ0n) is 17.1. The molecule has 0 amide bonds. The quantitative estimate of drug-likeness (QED) is 0.219. The number of hydrogen-bond acceptors (Lipinski definition) is 7. The van der Waals surface area contributed by atoms with Crippen LogP contribution in [0.4, 0.5) is 0 Å². The predicted molar refractivity (Wildman–Crippen MR) is 118 cm³/mol. The van der Waals surface area contributed by atoms with Gasteiger partial charge in [0.25, 0.3) is 0 Å². The van der Waals surface area contributed by atoms with E-state index in [0.29, 0.717) is 24.2 Å². The molecule has 162 valence electrons. The first-order chi connectivity index (χ1) is 14.3. The third kappa shape index (κ3) is 8.59. The van der Waals surface area contributed by atoms with Crippen molar-refractivity contribution in [2.45, 2.75) is 32.6 Å². The minimum Gasteiger partial charge on any atom is -0.461 e. The van der Waals surface area contributed by atoms with Crippen LogP contribution in [0.15, 0.2) is 48.5 Å². The molecule has 0 fully saturated rings. The van der Waals surface area contributed by atoms with E-state index in [1.807, 2.05) is 25.1 Å². The smallest absolute Gasteiger partial charge is 0.338 e. The standard InChI is InChI=1S/C22H26O6S2/c1-3-4-12-21(23)28-19-10-7-8-17(16-19)15-18-9-5-6-11-20(18)22(24)27-13-14-29-30(2,25)26/h5-11,16H,3-4,12-15H2,1-2H3. The largest absolute Gasteiger partial charge is 0.461 e. The zero-order chi connectivity index (χ0) is 22.0. The van der Waals surface area contributed by atoms with E-state index in [9.17, 15) is 18.0 Å². The molecule has 6 nitrogen and oxygen atoms in total. The van der Waals surface area contributed by atoms with E-state index in [4.69, 9.17) is 9.47 Å². The van der Waals surface area contributed by atoms with Crippen LogP contribution in [0.25, 0.3) is 0 Å². The van der Waals surface area contributed by atoms with Crippen LogP contribution in [0.5, 0.6) is 5.75 Å². The van der Waals surface area contributed by atoms with E-state index < -0.39 is 14.8 Å². The molecule has 0 heterocycles. The topological polar surface area (TPSA) is 86.7 Å². The molecule has 8 heteroatoms. The third-order valence-corrected chi connectivity index (χ3v) is 6.66. The summed E-state index contributed by atoms with van der Waals surface area (Å²) in [6.45, 7) is 2.02. The molecule has 30 heavy (non-hydrogen) atoms. The van der Waals surface area contributed by atoms with Crippen molar-refractivity contribution < 1.29 is 27.5 Å². The lowest BCUT2D eigenvalue weighted by molar-refractivity contribution is -0.134. The van der Waals surface area contributed by atoms with Crippen LogP contribution >= 0.6 is 10.8 Å². The summed E-state index contributed by atoms with van der Waals surface area (Å²) in [4.78, 5) is 24.3. The minimum absolute atomic E-state index is 0.00804. The molecule has 0 aliphatic rings. The Morgan fingerprint density at radius 2 is 1.83 bits per heavy atom. The van der Waals surface area contributed by atoms with Crippen LogP contribution in [0.3, 0.4) is 0 Å². The highest BCUT2D eigenvalue weighted by molar-refractivity contribution is 8.71. The molecule has 0 atom stereocenters. The maximum Gasteiger partial charge on any atom is 0.338 e. The lowest BCUT2D eigenvalue weighted by Gasteiger charge is -2.11. The van der Waals surface area contributed by atoms with Gasteiger partial charge in [-0.2, -0.15) is 0 Å². The van der Waals surface area contributed by atoms with Gasteiger partial charge in [0, 0.05) is 18.4 Å². The fourth-order valence-corrected chi connectivity index (χ4v) is 4.28. The highest BCUT2D eigenvalue weighted by Crippen LogP contribution is 2.20. The van der Waals surface area contributed by atoms with Crippen LogP contribution in [-0.4, -0.2) is 39.0 Å². The maximum absolute atomic E-state index is 12.4. The summed E-state index contributed by atoms with van der Waals surface area (Å²) in [5.74, 6) is -0.101. The summed E-state index contributed by atoms with van der Waals surface area (Å²) in [6, 6.07) is 14.3. The monoisotopic (exact) mass is 450 g/mol. The van der Waals surface area contributed by atoms with Gasteiger partial charge in [-0.05, 0) is 53.0 Å². The van der Waals surface area contributed by atoms with E-state index in [0.717, 1.165) is 41.0 Å². The molecule has 0 spiro atoms. The van der Waals surface area contributed by atoms with Gasteiger partial charge in [0.15, 0.2) is 8.87 Å². The molecule has 2 rings (SSSR count). The molecule has 0 saturated carbocycles. The van der Waals surface area contributed by atoms with Gasteiger partial charge >= 0.3 is 11.9 Å². The van der Waals surface area contributed by atoms with Crippen molar-refractivity contribution in [2.24, 2.45) is 0 Å². The Hall–Kier alpha value is -2.32. The summed E-state index contributed by atoms with van der Waals surface area (Å²) in [5, 5.41) is 0. The van der Waals surface area contributed by atoms with Crippen LogP contribution in [-0.2, 0) is 24.8 Å². The SMILES string of the molecule is CCCCC(=O)Oc1cccc(Cc2ccccc2C(=O)OCCSS(C)(=O)=O)c1. The third-order valence-electron chi connectivity index (χ3n) is 4.11. The molecule has 0 N–H and O–H groups in total. The molecule has 0 aliphatic carbocycles. The fraction of sp³-hybridized carbons (Fsp3) is 0.364. The summed E-state index contributed by atoms with van der Waals surface area (Å²) >= 11 is 0. The number of rotatable bonds is 11. The lowest BCUT2D eigenvalue weighted by atomic mass is 9.99. The van der Waals surface area contributed by atoms with Crippen LogP contribution in [0.2, 0.25) is 0 Å². The normalized spacial score (nSPS) is 11.1. The Bertz CT molecular complexity index is 969. The average Bonchev–Trinajstić information content (AvgIpc) is 2.69. The number of ether oxygens (including phenoxy) is 2. The van der Waals surface area contributed by atoms with E-state index in [1.54, 1.807) is 30.3 Å². The van der Waals surface area contributed by atoms with Gasteiger partial charge in [0.1, 0.15) is 12.4 Å². The van der Waals surface area contributed by atoms with E-state index >= 15 is 0 Å². The van der Waals surface area contributed by atoms with Gasteiger partial charge in [-0.15, -0.1) is 0 Å². The zero-order valence-corrected chi connectivity index (χ0v) is 18.8. The minimum atomic E-state index is -3.16. The highest BCUT2D eigenvalue weighted by atomic mass is 33.1. The van der Waals surface area contributed by atoms with Gasteiger partial charge in [-0.25, -0.2) is 13.2 Å². The molecule has 0 saturated heterocycles. The molecule has 0 aliphatic heterocycles. The second-order valence-electron chi connectivity index (χ2n) is 6.72. The van der Waals surface area contributed by atoms with Crippen molar-refractivity contribution in [3.63, 3.8) is 0 Å². The molecular weight excluding hydrogens is 424 g/mol. The van der Waals surface area contributed by atoms with Crippen molar-refractivity contribution in [1.29, 1.82) is 0 Å². The Balaban J connectivity index is 2.03. The van der Waals surface area contributed by atoms with Gasteiger partial charge in [0.2, 0.25) is 0 Å². The molecule has 2 aromatic rings. The second-order valence-corrected chi connectivity index (χ2v) is 11.3. The van der Waals surface area contributed by atoms with Crippen LogP contribution in [0, 0.1) is 0 Å². The number of benzene rings is 2. The summed E-state index contributed by atoms with van der Waals surface area (Å²) < 4.78 is 32.9. The van der Waals surface area contributed by atoms with Gasteiger partial charge in [0.05, 0.1) is 5.56 Å². The van der Waals surface area contributed by atoms with Crippen molar-refractivity contribution in [3.8, 4) is 5.75 Å². The van der Waals surface area contributed by atoms with Crippen molar-refractivity contribution in [3.05, 3.63) is 65.2 Å². The Morgan fingerprint density at radius 3 is 2.57 bits per heavy atom. The van der Waals surface area contributed by atoms with E-state index in [-0.39, 0.29) is 18.3 Å². The Kier molecular flexibility index (Phi) is 9.39. The molecule has 0 unspecified atom stereocenters. The number of esters is 2. The maximum atomic E-state index is 12.4. The van der Waals surface area contributed by atoms with Crippen molar-refractivity contribution in [2.75, 3.05) is 18.6 Å². The van der Waals surface area contributed by atoms with Crippen molar-refractivity contribution >= 4 is 31.6 Å². The Labute approximate surface area is 181 Å². The lowest BCUT2D eigenvalue weighted by Crippen LogP contribution is -2.11. The van der Waals surface area contributed by atoms with E-state index in [2.05, 4.69) is 0 Å². The second kappa shape index (κ2) is 11.8. The number of carbonyl (C=O) groups excluding carboxylic acids is 2. The van der Waals surface area contributed by atoms with Crippen LogP contribution < -0.4 is 4.74 Å². The first-order valence-corrected chi connectivity index (χ1v) is 13.1. The number of hydrogen-bond donors (Lipinski definition) is 0. The van der Waals surface area contributed by atoms with Crippen LogP contribution in [0.1, 0.15) is 47.7 Å². The summed E-state index contributed by atoms with van der Waals surface area (Å²) in [5.41, 5.74) is 2.09. The molecule has 0 bridgehead atoms. The van der Waals surface area contributed by atoms with E-state index in [1.165, 1.54) is 0 Å². The fourth-order valence-electron chi connectivity index (χ4n) is 2.71. The number of carbonyl (C=O) groups is 2. The van der Waals surface area contributed by atoms with Gasteiger partial charge in [-0.1, -0.05) is 43.7 Å². The summed E-state index contributed by atoms with van der Waals surface area (Å²) in [7, 11) is -2.42.